The van der Waals surface area contributed by atoms with Gasteiger partial charge in [0.25, 0.3) is 0 Å². The second kappa shape index (κ2) is 7.66. The topological polar surface area (TPSA) is 80.0 Å². The van der Waals surface area contributed by atoms with Crippen LogP contribution < -0.4 is 10.6 Å². The first-order valence-electron chi connectivity index (χ1n) is 7.31. The third-order valence-electron chi connectivity index (χ3n) is 3.06. The molecular weight excluding hydrogens is 306 g/mol. The van der Waals surface area contributed by atoms with E-state index in [1.165, 1.54) is 6.92 Å². The van der Waals surface area contributed by atoms with Crippen molar-refractivity contribution in [1.29, 1.82) is 0 Å². The van der Waals surface area contributed by atoms with Crippen molar-refractivity contribution < 1.29 is 18.1 Å². The maximum Gasteiger partial charge on any atom is 0.226 e. The van der Waals surface area contributed by atoms with E-state index in [9.17, 15) is 13.6 Å². The van der Waals surface area contributed by atoms with Crippen LogP contribution in [0.2, 0.25) is 0 Å². The van der Waals surface area contributed by atoms with Crippen molar-refractivity contribution in [3.05, 3.63) is 35.5 Å². The maximum atomic E-state index is 13.4. The molecule has 0 aliphatic carbocycles. The zero-order valence-electron chi connectivity index (χ0n) is 12.9. The van der Waals surface area contributed by atoms with Crippen molar-refractivity contribution in [2.75, 3.05) is 10.6 Å². The van der Waals surface area contributed by atoms with Crippen LogP contribution in [0.5, 0.6) is 0 Å². The average molecular weight is 324 g/mol. The van der Waals surface area contributed by atoms with Crippen molar-refractivity contribution in [3.63, 3.8) is 0 Å². The van der Waals surface area contributed by atoms with E-state index in [-0.39, 0.29) is 23.8 Å². The predicted octanol–water partition coefficient (Wildman–Crippen LogP) is 3.26. The van der Waals surface area contributed by atoms with Crippen molar-refractivity contribution in [2.45, 2.75) is 39.7 Å². The monoisotopic (exact) mass is 324 g/mol. The van der Waals surface area contributed by atoms with Crippen molar-refractivity contribution in [3.8, 4) is 0 Å². The van der Waals surface area contributed by atoms with E-state index in [1.807, 2.05) is 0 Å². The highest BCUT2D eigenvalue weighted by atomic mass is 19.2. The number of carbonyl (C=O) groups excluding carboxylic acids is 1. The quantitative estimate of drug-likeness (QED) is 0.817. The molecule has 8 heteroatoms. The van der Waals surface area contributed by atoms with E-state index >= 15 is 0 Å². The Labute approximate surface area is 132 Å². The number of anilines is 2. The van der Waals surface area contributed by atoms with Crippen LogP contribution in [-0.4, -0.2) is 16.0 Å². The van der Waals surface area contributed by atoms with E-state index in [0.717, 1.165) is 25.0 Å². The number of hydrogen-bond acceptors (Lipinski definition) is 5. The van der Waals surface area contributed by atoms with Crippen LogP contribution in [0.3, 0.4) is 0 Å². The summed E-state index contributed by atoms with van der Waals surface area (Å²) in [6.07, 6.45) is 2.67. The van der Waals surface area contributed by atoms with Gasteiger partial charge in [0.05, 0.1) is 17.9 Å². The molecule has 0 radical (unpaired) electrons. The highest BCUT2D eigenvalue weighted by Gasteiger charge is 2.12. The van der Waals surface area contributed by atoms with Gasteiger partial charge in [0, 0.05) is 25.5 Å². The second-order valence-corrected chi connectivity index (χ2v) is 5.05. The first-order valence-corrected chi connectivity index (χ1v) is 7.31. The molecule has 2 rings (SSSR count). The predicted molar refractivity (Wildman–Crippen MR) is 80.9 cm³/mol. The Hall–Kier alpha value is -2.51. The summed E-state index contributed by atoms with van der Waals surface area (Å²) in [5.41, 5.74) is 0.380. The molecule has 0 aliphatic heterocycles. The lowest BCUT2D eigenvalue weighted by molar-refractivity contribution is -0.114. The van der Waals surface area contributed by atoms with E-state index in [1.54, 1.807) is 0 Å². The highest BCUT2D eigenvalue weighted by molar-refractivity contribution is 5.92. The largest absolute Gasteiger partial charge is 0.376 e. The van der Waals surface area contributed by atoms with Crippen LogP contribution in [0.15, 0.2) is 16.7 Å². The van der Waals surface area contributed by atoms with Gasteiger partial charge in [-0.2, -0.15) is 4.98 Å². The van der Waals surface area contributed by atoms with Gasteiger partial charge in [0.2, 0.25) is 11.8 Å². The molecule has 0 saturated heterocycles. The average Bonchev–Trinajstić information content (AvgIpc) is 2.94. The highest BCUT2D eigenvalue weighted by Crippen LogP contribution is 2.25. The van der Waals surface area contributed by atoms with E-state index in [2.05, 4.69) is 27.7 Å². The van der Waals surface area contributed by atoms with Crippen LogP contribution >= 0.6 is 0 Å². The van der Waals surface area contributed by atoms with E-state index in [0.29, 0.717) is 18.1 Å². The molecular formula is C15H18F2N4O2. The van der Waals surface area contributed by atoms with Crippen LogP contribution in [0, 0.1) is 11.6 Å². The number of aryl methyl sites for hydroxylation is 1. The number of nitrogens with zero attached hydrogens (tertiary/aromatic N) is 2. The van der Waals surface area contributed by atoms with Crippen LogP contribution in [0.25, 0.3) is 0 Å². The SMILES string of the molecule is CCCCc1nc(CNc2cc(F)c(F)cc2NC(C)=O)no1. The van der Waals surface area contributed by atoms with Gasteiger partial charge in [-0.25, -0.2) is 8.78 Å². The number of carbonyl (C=O) groups is 1. The molecule has 6 nitrogen and oxygen atoms in total. The number of halogens is 2. The van der Waals surface area contributed by atoms with Crippen molar-refractivity contribution in [2.24, 2.45) is 0 Å². The molecule has 1 aromatic carbocycles. The first kappa shape index (κ1) is 16.9. The summed E-state index contributed by atoms with van der Waals surface area (Å²) in [4.78, 5) is 15.3. The molecule has 0 aliphatic rings. The second-order valence-electron chi connectivity index (χ2n) is 5.05. The Morgan fingerprint density at radius 3 is 2.61 bits per heavy atom. The lowest BCUT2D eigenvalue weighted by atomic mass is 10.2. The van der Waals surface area contributed by atoms with Gasteiger partial charge in [-0.1, -0.05) is 18.5 Å². The molecule has 2 N–H and O–H groups in total. The number of aromatic nitrogens is 2. The van der Waals surface area contributed by atoms with Crippen LogP contribution in [0.1, 0.15) is 38.4 Å². The minimum Gasteiger partial charge on any atom is -0.376 e. The Morgan fingerprint density at radius 1 is 1.26 bits per heavy atom. The number of nitrogens with one attached hydrogen (secondary N) is 2. The molecule has 1 heterocycles. The Kier molecular flexibility index (Phi) is 5.61. The summed E-state index contributed by atoms with van der Waals surface area (Å²) in [7, 11) is 0. The summed E-state index contributed by atoms with van der Waals surface area (Å²) in [6.45, 7) is 3.50. The molecule has 23 heavy (non-hydrogen) atoms. The minimum absolute atomic E-state index is 0.145. The maximum absolute atomic E-state index is 13.4. The normalized spacial score (nSPS) is 10.6. The molecule has 0 fully saturated rings. The number of hydrogen-bond donors (Lipinski definition) is 2. The molecule has 0 saturated carbocycles. The lowest BCUT2D eigenvalue weighted by Crippen LogP contribution is -2.11. The zero-order valence-corrected chi connectivity index (χ0v) is 12.9. The molecule has 2 aromatic rings. The van der Waals surface area contributed by atoms with Crippen LogP contribution in [0.4, 0.5) is 20.2 Å². The molecule has 0 bridgehead atoms. The molecule has 1 amide bonds. The van der Waals surface area contributed by atoms with Crippen molar-refractivity contribution in [1.82, 2.24) is 10.1 Å². The number of unbranched alkanes of at least 4 members (excludes halogenated alkanes) is 1. The Balaban J connectivity index is 2.08. The minimum atomic E-state index is -1.04. The van der Waals surface area contributed by atoms with E-state index in [4.69, 9.17) is 4.52 Å². The van der Waals surface area contributed by atoms with Gasteiger partial charge < -0.3 is 15.2 Å². The van der Waals surface area contributed by atoms with Gasteiger partial charge in [0.15, 0.2) is 17.5 Å². The first-order chi connectivity index (χ1) is 11.0. The summed E-state index contributed by atoms with van der Waals surface area (Å²) in [5.74, 6) is -1.51. The van der Waals surface area contributed by atoms with Gasteiger partial charge in [-0.05, 0) is 6.42 Å². The number of rotatable bonds is 7. The van der Waals surface area contributed by atoms with Gasteiger partial charge in [-0.15, -0.1) is 0 Å². The fourth-order valence-electron chi connectivity index (χ4n) is 1.95. The van der Waals surface area contributed by atoms with Crippen LogP contribution in [-0.2, 0) is 17.8 Å². The fraction of sp³-hybridized carbons (Fsp3) is 0.400. The van der Waals surface area contributed by atoms with Crippen molar-refractivity contribution >= 4 is 17.3 Å². The third-order valence-corrected chi connectivity index (χ3v) is 3.06. The van der Waals surface area contributed by atoms with Gasteiger partial charge >= 0.3 is 0 Å². The zero-order chi connectivity index (χ0) is 16.8. The summed E-state index contributed by atoms with van der Waals surface area (Å²) in [6, 6.07) is 1.89. The molecule has 1 aromatic heterocycles. The molecule has 0 atom stereocenters. The lowest BCUT2D eigenvalue weighted by Gasteiger charge is -2.11. The molecule has 0 unspecified atom stereocenters. The van der Waals surface area contributed by atoms with Gasteiger partial charge in [0.1, 0.15) is 0 Å². The Morgan fingerprint density at radius 2 is 1.96 bits per heavy atom. The third kappa shape index (κ3) is 4.73. The molecule has 0 spiro atoms. The van der Waals surface area contributed by atoms with E-state index < -0.39 is 11.6 Å². The number of benzene rings is 1. The van der Waals surface area contributed by atoms with Gasteiger partial charge in [-0.3, -0.25) is 4.79 Å². The molecule has 124 valence electrons. The fourth-order valence-corrected chi connectivity index (χ4v) is 1.95. The summed E-state index contributed by atoms with van der Waals surface area (Å²) in [5, 5.41) is 9.12. The standard InChI is InChI=1S/C15H18F2N4O2/c1-3-4-5-15-20-14(21-23-15)8-18-12-6-10(16)11(17)7-13(12)19-9(2)22/h6-7,18H,3-5,8H2,1-2H3,(H,19,22). The Bertz CT molecular complexity index is 688. The smallest absolute Gasteiger partial charge is 0.226 e. The number of amides is 1. The summed E-state index contributed by atoms with van der Waals surface area (Å²) < 4.78 is 31.8. The summed E-state index contributed by atoms with van der Waals surface area (Å²) >= 11 is 0.